The number of nitrogens with one attached hydrogen (secondary N) is 1. The van der Waals surface area contributed by atoms with Crippen molar-refractivity contribution >= 4 is 43.5 Å². The van der Waals surface area contributed by atoms with Crippen molar-refractivity contribution in [3.05, 3.63) is 27.1 Å². The summed E-state index contributed by atoms with van der Waals surface area (Å²) in [7, 11) is 0. The molecule has 1 N–H and O–H groups in total. The number of nitriles is 1. The Kier molecular flexibility index (Phi) is 4.72. The van der Waals surface area contributed by atoms with Gasteiger partial charge in [0.15, 0.2) is 0 Å². The summed E-state index contributed by atoms with van der Waals surface area (Å²) in [6, 6.07) is 7.56. The van der Waals surface area contributed by atoms with E-state index in [0.29, 0.717) is 12.1 Å². The summed E-state index contributed by atoms with van der Waals surface area (Å²) in [6.45, 7) is 3.45. The molecule has 90 valence electrons. The normalized spacial score (nSPS) is 13.6. The maximum Gasteiger partial charge on any atom is 0.244 e. The first-order valence-corrected chi connectivity index (χ1v) is 6.70. The predicted octanol–water partition coefficient (Wildman–Crippen LogP) is 4.09. The van der Waals surface area contributed by atoms with Crippen molar-refractivity contribution in [2.75, 3.05) is 5.32 Å². The van der Waals surface area contributed by atoms with Crippen LogP contribution in [0, 0.1) is 16.7 Å². The van der Waals surface area contributed by atoms with Crippen LogP contribution in [0.2, 0.25) is 0 Å². The summed E-state index contributed by atoms with van der Waals surface area (Å²) in [5.41, 5.74) is -0.359. The highest BCUT2D eigenvalue weighted by Crippen LogP contribution is 2.32. The predicted molar refractivity (Wildman–Crippen MR) is 74.5 cm³/mol. The summed E-state index contributed by atoms with van der Waals surface area (Å²) >= 11 is 6.72. The van der Waals surface area contributed by atoms with Gasteiger partial charge in [0.2, 0.25) is 5.91 Å². The van der Waals surface area contributed by atoms with Crippen LogP contribution in [0.1, 0.15) is 20.3 Å². The third kappa shape index (κ3) is 3.08. The second kappa shape index (κ2) is 5.65. The number of carbonyl (C=O) groups is 1. The zero-order valence-electron chi connectivity index (χ0n) is 9.55. The molecule has 0 saturated heterocycles. The molecule has 5 heteroatoms. The molecule has 0 saturated carbocycles. The minimum atomic E-state index is -1.01. The number of amides is 1. The SMILES string of the molecule is CCC(C)(C#N)C(=O)Nc1c(Br)cccc1Br. The quantitative estimate of drug-likeness (QED) is 0.883. The van der Waals surface area contributed by atoms with E-state index in [1.54, 1.807) is 6.92 Å². The standard InChI is InChI=1S/C12H12Br2N2O/c1-3-12(2,7-15)11(17)16-10-8(13)5-4-6-9(10)14/h4-6H,3H2,1-2H3,(H,16,17). The van der Waals surface area contributed by atoms with E-state index in [0.717, 1.165) is 8.95 Å². The molecule has 1 aromatic rings. The summed E-state index contributed by atoms with van der Waals surface area (Å²) in [5, 5.41) is 11.8. The fourth-order valence-corrected chi connectivity index (χ4v) is 2.36. The molecule has 0 fully saturated rings. The van der Waals surface area contributed by atoms with Gasteiger partial charge in [0.05, 0.1) is 11.8 Å². The molecule has 0 aliphatic carbocycles. The number of carbonyl (C=O) groups excluding carboxylic acids is 1. The van der Waals surface area contributed by atoms with Gasteiger partial charge in [-0.25, -0.2) is 0 Å². The number of halogens is 2. The number of anilines is 1. The number of nitrogens with zero attached hydrogens (tertiary/aromatic N) is 1. The third-order valence-electron chi connectivity index (χ3n) is 2.66. The smallest absolute Gasteiger partial charge is 0.244 e. The van der Waals surface area contributed by atoms with Crippen LogP contribution in [0.4, 0.5) is 5.69 Å². The Balaban J connectivity index is 3.01. The van der Waals surface area contributed by atoms with Crippen molar-refractivity contribution < 1.29 is 4.79 Å². The van der Waals surface area contributed by atoms with Crippen molar-refractivity contribution in [3.8, 4) is 6.07 Å². The van der Waals surface area contributed by atoms with Crippen molar-refractivity contribution in [2.24, 2.45) is 5.41 Å². The van der Waals surface area contributed by atoms with E-state index >= 15 is 0 Å². The highest BCUT2D eigenvalue weighted by atomic mass is 79.9. The fraction of sp³-hybridized carbons (Fsp3) is 0.333. The zero-order chi connectivity index (χ0) is 13.1. The third-order valence-corrected chi connectivity index (χ3v) is 3.98. The lowest BCUT2D eigenvalue weighted by Crippen LogP contribution is -2.31. The molecule has 1 rings (SSSR count). The van der Waals surface area contributed by atoms with Crippen LogP contribution in [0.15, 0.2) is 27.1 Å². The maximum absolute atomic E-state index is 12.0. The van der Waals surface area contributed by atoms with Gasteiger partial charge in [0, 0.05) is 8.95 Å². The van der Waals surface area contributed by atoms with Gasteiger partial charge < -0.3 is 5.32 Å². The van der Waals surface area contributed by atoms with E-state index in [9.17, 15) is 4.79 Å². The van der Waals surface area contributed by atoms with E-state index in [4.69, 9.17) is 5.26 Å². The summed E-state index contributed by atoms with van der Waals surface area (Å²) in [6.07, 6.45) is 0.470. The van der Waals surface area contributed by atoms with Crippen LogP contribution in [0.5, 0.6) is 0 Å². The molecule has 0 aliphatic rings. The highest BCUT2D eigenvalue weighted by Gasteiger charge is 2.31. The van der Waals surface area contributed by atoms with Crippen molar-refractivity contribution in [3.63, 3.8) is 0 Å². The van der Waals surface area contributed by atoms with E-state index in [1.165, 1.54) is 0 Å². The Bertz CT molecular complexity index is 462. The average molecular weight is 360 g/mol. The van der Waals surface area contributed by atoms with Crippen molar-refractivity contribution in [1.82, 2.24) is 0 Å². The van der Waals surface area contributed by atoms with Crippen LogP contribution in [-0.2, 0) is 4.79 Å². The Morgan fingerprint density at radius 1 is 1.47 bits per heavy atom. The first-order chi connectivity index (χ1) is 7.94. The number of benzene rings is 1. The molecular formula is C12H12Br2N2O. The van der Waals surface area contributed by atoms with Gasteiger partial charge in [-0.15, -0.1) is 0 Å². The first-order valence-electron chi connectivity index (χ1n) is 5.11. The fourth-order valence-electron chi connectivity index (χ4n) is 1.16. The van der Waals surface area contributed by atoms with Crippen LogP contribution in [0.25, 0.3) is 0 Å². The maximum atomic E-state index is 12.0. The molecule has 0 aromatic heterocycles. The van der Waals surface area contributed by atoms with Crippen LogP contribution >= 0.6 is 31.9 Å². The minimum Gasteiger partial charge on any atom is -0.323 e. The van der Waals surface area contributed by atoms with Gasteiger partial charge in [-0.1, -0.05) is 13.0 Å². The average Bonchev–Trinajstić information content (AvgIpc) is 2.32. The molecule has 17 heavy (non-hydrogen) atoms. The van der Waals surface area contributed by atoms with Gasteiger partial charge >= 0.3 is 0 Å². The molecule has 1 atom stereocenters. The Hall–Kier alpha value is -0.860. The van der Waals surface area contributed by atoms with Crippen LogP contribution in [0.3, 0.4) is 0 Å². The number of rotatable bonds is 3. The van der Waals surface area contributed by atoms with E-state index in [-0.39, 0.29) is 5.91 Å². The molecule has 0 radical (unpaired) electrons. The largest absolute Gasteiger partial charge is 0.323 e. The van der Waals surface area contributed by atoms with Gasteiger partial charge in [-0.2, -0.15) is 5.26 Å². The summed E-state index contributed by atoms with van der Waals surface area (Å²) in [5.74, 6) is -0.296. The molecule has 0 heterocycles. The summed E-state index contributed by atoms with van der Waals surface area (Å²) < 4.78 is 1.55. The van der Waals surface area contributed by atoms with Gasteiger partial charge in [-0.3, -0.25) is 4.79 Å². The van der Waals surface area contributed by atoms with Crippen LogP contribution < -0.4 is 5.32 Å². The van der Waals surface area contributed by atoms with Gasteiger partial charge in [-0.05, 0) is 57.3 Å². The molecule has 1 unspecified atom stereocenters. The lowest BCUT2D eigenvalue weighted by Gasteiger charge is -2.19. The summed E-state index contributed by atoms with van der Waals surface area (Å²) in [4.78, 5) is 12.0. The number of hydrogen-bond acceptors (Lipinski definition) is 2. The van der Waals surface area contributed by atoms with Gasteiger partial charge in [0.25, 0.3) is 0 Å². The molecular weight excluding hydrogens is 348 g/mol. The molecule has 1 amide bonds. The topological polar surface area (TPSA) is 52.9 Å². The molecule has 3 nitrogen and oxygen atoms in total. The molecule has 0 aliphatic heterocycles. The second-order valence-electron chi connectivity index (χ2n) is 3.85. The monoisotopic (exact) mass is 358 g/mol. The van der Waals surface area contributed by atoms with Crippen LogP contribution in [-0.4, -0.2) is 5.91 Å². The van der Waals surface area contributed by atoms with Gasteiger partial charge in [0.1, 0.15) is 5.41 Å². The second-order valence-corrected chi connectivity index (χ2v) is 5.56. The molecule has 0 bridgehead atoms. The highest BCUT2D eigenvalue weighted by molar-refractivity contribution is 9.11. The lowest BCUT2D eigenvalue weighted by atomic mass is 9.88. The Labute approximate surface area is 117 Å². The van der Waals surface area contributed by atoms with Crippen molar-refractivity contribution in [2.45, 2.75) is 20.3 Å². The Morgan fingerprint density at radius 3 is 2.41 bits per heavy atom. The number of para-hydroxylation sites is 1. The first kappa shape index (κ1) is 14.2. The minimum absolute atomic E-state index is 0.296. The van der Waals surface area contributed by atoms with E-state index < -0.39 is 5.41 Å². The lowest BCUT2D eigenvalue weighted by molar-refractivity contribution is -0.122. The van der Waals surface area contributed by atoms with E-state index in [2.05, 4.69) is 37.2 Å². The van der Waals surface area contributed by atoms with E-state index in [1.807, 2.05) is 31.2 Å². The molecule has 0 spiro atoms. The number of hydrogen-bond donors (Lipinski definition) is 1. The van der Waals surface area contributed by atoms with Crippen molar-refractivity contribution in [1.29, 1.82) is 5.26 Å². The molecule has 1 aromatic carbocycles. The zero-order valence-corrected chi connectivity index (χ0v) is 12.7. The Morgan fingerprint density at radius 2 is 2.00 bits per heavy atom.